The molecule has 0 spiro atoms. The molecule has 0 aromatic rings. The van der Waals surface area contributed by atoms with E-state index in [0.717, 1.165) is 30.6 Å². The second-order valence-electron chi connectivity index (χ2n) is 4.26. The molecule has 2 unspecified atom stereocenters. The van der Waals surface area contributed by atoms with Crippen LogP contribution in [0.25, 0.3) is 0 Å². The molecule has 2 heteroatoms. The lowest BCUT2D eigenvalue weighted by atomic mass is 10.1. The van der Waals surface area contributed by atoms with Gasteiger partial charge in [-0.2, -0.15) is 5.26 Å². The summed E-state index contributed by atoms with van der Waals surface area (Å²) < 4.78 is 0. The van der Waals surface area contributed by atoms with Crippen molar-refractivity contribution in [1.82, 2.24) is 4.90 Å². The highest BCUT2D eigenvalue weighted by molar-refractivity contribution is 5.04. The second kappa shape index (κ2) is 5.36. The zero-order valence-corrected chi connectivity index (χ0v) is 9.66. The summed E-state index contributed by atoms with van der Waals surface area (Å²) in [5, 5.41) is 8.39. The Morgan fingerprint density at radius 2 is 1.86 bits per heavy atom. The summed E-state index contributed by atoms with van der Waals surface area (Å²) in [6.07, 6.45) is 3.18. The van der Waals surface area contributed by atoms with E-state index in [4.69, 9.17) is 5.26 Å². The third kappa shape index (κ3) is 2.48. The fourth-order valence-electron chi connectivity index (χ4n) is 2.71. The summed E-state index contributed by atoms with van der Waals surface area (Å²) in [6, 6.07) is 2.21. The summed E-state index contributed by atoms with van der Waals surface area (Å²) in [5.41, 5.74) is 0. The average Bonchev–Trinajstić information content (AvgIpc) is 2.68. The van der Waals surface area contributed by atoms with Gasteiger partial charge in [-0.3, -0.25) is 0 Å². The molecule has 1 aliphatic heterocycles. The number of nitriles is 1. The fourth-order valence-corrected chi connectivity index (χ4v) is 2.71. The molecule has 0 amide bonds. The van der Waals surface area contributed by atoms with Crippen LogP contribution < -0.4 is 0 Å². The molecule has 80 valence electrons. The minimum Gasteiger partial charge on any atom is -0.306 e. The molecule has 0 aromatic carbocycles. The van der Waals surface area contributed by atoms with E-state index in [1.165, 1.54) is 19.5 Å². The van der Waals surface area contributed by atoms with Crippen molar-refractivity contribution in [3.63, 3.8) is 0 Å². The Morgan fingerprint density at radius 1 is 1.29 bits per heavy atom. The van der Waals surface area contributed by atoms with Crippen molar-refractivity contribution in [2.24, 2.45) is 17.8 Å². The predicted octanol–water partition coefficient (Wildman–Crippen LogP) is 2.51. The van der Waals surface area contributed by atoms with Gasteiger partial charge in [0.15, 0.2) is 0 Å². The third-order valence-electron chi connectivity index (χ3n) is 3.38. The molecular formula is C12H22N2. The molecule has 1 aliphatic carbocycles. The maximum absolute atomic E-state index is 8.39. The monoisotopic (exact) mass is 194 g/mol. The molecule has 0 aromatic heterocycles. The number of hydrogen-bond donors (Lipinski definition) is 0. The highest BCUT2D eigenvalue weighted by Crippen LogP contribution is 2.53. The number of piperidine rings is 1. The maximum atomic E-state index is 8.39. The summed E-state index contributed by atoms with van der Waals surface area (Å²) in [6.45, 7) is 6.61. The molecule has 2 atom stereocenters. The van der Waals surface area contributed by atoms with Gasteiger partial charge in [-0.25, -0.2) is 0 Å². The molecule has 1 saturated carbocycles. The van der Waals surface area contributed by atoms with Crippen LogP contribution in [0, 0.1) is 29.1 Å². The molecule has 2 aliphatic rings. The van der Waals surface area contributed by atoms with Crippen LogP contribution in [0.2, 0.25) is 0 Å². The van der Waals surface area contributed by atoms with Gasteiger partial charge in [0.25, 0.3) is 0 Å². The predicted molar refractivity (Wildman–Crippen MR) is 58.8 cm³/mol. The minimum atomic E-state index is 0.756. The van der Waals surface area contributed by atoms with Crippen molar-refractivity contribution in [3.8, 4) is 6.07 Å². The van der Waals surface area contributed by atoms with E-state index < -0.39 is 0 Å². The second-order valence-corrected chi connectivity index (χ2v) is 4.26. The highest BCUT2D eigenvalue weighted by atomic mass is 15.2. The van der Waals surface area contributed by atoms with Gasteiger partial charge in [0.05, 0.1) is 6.07 Å². The zero-order chi connectivity index (χ0) is 10.6. The van der Waals surface area contributed by atoms with Gasteiger partial charge in [-0.1, -0.05) is 13.8 Å². The largest absolute Gasteiger partial charge is 0.306 e. The van der Waals surface area contributed by atoms with Gasteiger partial charge in [0.1, 0.15) is 0 Å². The van der Waals surface area contributed by atoms with Crippen molar-refractivity contribution in [3.05, 3.63) is 0 Å². The Morgan fingerprint density at radius 3 is 2.36 bits per heavy atom. The lowest BCUT2D eigenvalue weighted by Crippen LogP contribution is -2.18. The highest BCUT2D eigenvalue weighted by Gasteiger charge is 2.53. The molecule has 2 rings (SSSR count). The molecule has 1 heterocycles. The Bertz CT molecular complexity index is 195. The summed E-state index contributed by atoms with van der Waals surface area (Å²) in [4.78, 5) is 2.43. The first kappa shape index (κ1) is 11.5. The smallest absolute Gasteiger partial charge is 0.0621 e. The summed E-state index contributed by atoms with van der Waals surface area (Å²) in [5.74, 6) is 2.97. The van der Waals surface area contributed by atoms with Crippen LogP contribution in [0.5, 0.6) is 0 Å². The first-order valence-electron chi connectivity index (χ1n) is 5.88. The quantitative estimate of drug-likeness (QED) is 0.645. The SMILES string of the molecule is CC.CN1CC2C(CCCC#N)C2C1. The van der Waals surface area contributed by atoms with E-state index in [0.29, 0.717) is 0 Å². The number of rotatable bonds is 3. The van der Waals surface area contributed by atoms with Crippen molar-refractivity contribution >= 4 is 0 Å². The van der Waals surface area contributed by atoms with E-state index >= 15 is 0 Å². The van der Waals surface area contributed by atoms with Crippen LogP contribution in [-0.2, 0) is 0 Å². The molecule has 0 N–H and O–H groups in total. The summed E-state index contributed by atoms with van der Waals surface area (Å²) in [7, 11) is 2.21. The number of nitrogens with zero attached hydrogens (tertiary/aromatic N) is 2. The van der Waals surface area contributed by atoms with Crippen molar-refractivity contribution in [2.75, 3.05) is 20.1 Å². The van der Waals surface area contributed by atoms with E-state index in [-0.39, 0.29) is 0 Å². The standard InChI is InChI=1S/C10H16N2.C2H6/c1-12-6-9-8(10(9)7-12)4-2-3-5-11;1-2/h8-10H,2-4,6-7H2,1H3;1-2H3. The molecule has 14 heavy (non-hydrogen) atoms. The first-order chi connectivity index (χ1) is 6.83. The van der Waals surface area contributed by atoms with Gasteiger partial charge in [0.2, 0.25) is 0 Å². The molecule has 2 nitrogen and oxygen atoms in total. The van der Waals surface area contributed by atoms with Crippen molar-refractivity contribution < 1.29 is 0 Å². The Kier molecular flexibility index (Phi) is 4.41. The van der Waals surface area contributed by atoms with Crippen LogP contribution in [0.1, 0.15) is 33.1 Å². The molecule has 0 bridgehead atoms. The maximum Gasteiger partial charge on any atom is 0.0621 e. The van der Waals surface area contributed by atoms with Gasteiger partial charge < -0.3 is 4.90 Å². The van der Waals surface area contributed by atoms with Gasteiger partial charge in [0, 0.05) is 19.5 Å². The Labute approximate surface area is 87.9 Å². The topological polar surface area (TPSA) is 27.0 Å². The number of unbranched alkanes of at least 4 members (excludes halogenated alkanes) is 1. The van der Waals surface area contributed by atoms with E-state index in [1.807, 2.05) is 13.8 Å². The average molecular weight is 194 g/mol. The Hall–Kier alpha value is -0.550. The lowest BCUT2D eigenvalue weighted by molar-refractivity contribution is 0.337. The number of likely N-dealkylation sites (tertiary alicyclic amines) is 1. The van der Waals surface area contributed by atoms with Gasteiger partial charge in [-0.05, 0) is 37.6 Å². The van der Waals surface area contributed by atoms with Crippen molar-refractivity contribution in [1.29, 1.82) is 5.26 Å². The summed E-state index contributed by atoms with van der Waals surface area (Å²) >= 11 is 0. The van der Waals surface area contributed by atoms with Crippen molar-refractivity contribution in [2.45, 2.75) is 33.1 Å². The lowest BCUT2D eigenvalue weighted by Gasteiger charge is -2.11. The van der Waals surface area contributed by atoms with Gasteiger partial charge in [-0.15, -0.1) is 0 Å². The van der Waals surface area contributed by atoms with Crippen LogP contribution in [-0.4, -0.2) is 25.0 Å². The van der Waals surface area contributed by atoms with Crippen LogP contribution in [0.15, 0.2) is 0 Å². The Balaban J connectivity index is 0.000000461. The molecular weight excluding hydrogens is 172 g/mol. The van der Waals surface area contributed by atoms with E-state index in [2.05, 4.69) is 18.0 Å². The molecule has 1 saturated heterocycles. The zero-order valence-electron chi connectivity index (χ0n) is 9.66. The molecule has 0 radical (unpaired) electrons. The van der Waals surface area contributed by atoms with E-state index in [1.54, 1.807) is 0 Å². The van der Waals surface area contributed by atoms with Crippen LogP contribution in [0.3, 0.4) is 0 Å². The number of fused-ring (bicyclic) bond motifs is 1. The third-order valence-corrected chi connectivity index (χ3v) is 3.38. The van der Waals surface area contributed by atoms with Crippen LogP contribution >= 0.6 is 0 Å². The number of hydrogen-bond acceptors (Lipinski definition) is 2. The molecule has 2 fully saturated rings. The van der Waals surface area contributed by atoms with Gasteiger partial charge >= 0.3 is 0 Å². The van der Waals surface area contributed by atoms with E-state index in [9.17, 15) is 0 Å². The van der Waals surface area contributed by atoms with Crippen LogP contribution in [0.4, 0.5) is 0 Å². The first-order valence-corrected chi connectivity index (χ1v) is 5.88. The fraction of sp³-hybridized carbons (Fsp3) is 0.917. The minimum absolute atomic E-state index is 0.756. The normalized spacial score (nSPS) is 34.0.